The van der Waals surface area contributed by atoms with E-state index in [-0.39, 0.29) is 30.5 Å². The van der Waals surface area contributed by atoms with Gasteiger partial charge in [0.25, 0.3) is 0 Å². The van der Waals surface area contributed by atoms with Crippen LogP contribution < -0.4 is 10.6 Å². The fourth-order valence-electron chi connectivity index (χ4n) is 3.53. The van der Waals surface area contributed by atoms with Gasteiger partial charge in [0.05, 0.1) is 12.8 Å². The molecule has 2 aromatic rings. The lowest BCUT2D eigenvalue weighted by Crippen LogP contribution is -2.48. The zero-order valence-corrected chi connectivity index (χ0v) is 19.6. The highest BCUT2D eigenvalue weighted by Gasteiger charge is 2.20. The first-order valence-electron chi connectivity index (χ1n) is 10.2. The molecule has 1 aromatic heterocycles. The molecule has 6 nitrogen and oxygen atoms in total. The molecule has 0 saturated carbocycles. The van der Waals surface area contributed by atoms with Crippen molar-refractivity contribution in [3.63, 3.8) is 0 Å². The van der Waals surface area contributed by atoms with Gasteiger partial charge in [-0.25, -0.2) is 0 Å². The topological polar surface area (TPSA) is 73.0 Å². The van der Waals surface area contributed by atoms with E-state index in [0.717, 1.165) is 45.0 Å². The minimum Gasteiger partial charge on any atom is -0.467 e. The monoisotopic (exact) mass is 512 g/mol. The Hall–Kier alpha value is -1.58. The fraction of sp³-hybridized carbons (Fsp3) is 0.500. The molecule has 0 spiro atoms. The molecule has 0 amide bonds. The van der Waals surface area contributed by atoms with Crippen LogP contribution in [0.2, 0.25) is 0 Å². The Kier molecular flexibility index (Phi) is 9.96. The van der Waals surface area contributed by atoms with Crippen molar-refractivity contribution in [2.75, 3.05) is 26.2 Å². The van der Waals surface area contributed by atoms with Crippen LogP contribution in [0.1, 0.15) is 42.8 Å². The van der Waals surface area contributed by atoms with Gasteiger partial charge in [-0.05, 0) is 49.9 Å². The molecule has 1 aliphatic rings. The van der Waals surface area contributed by atoms with Crippen LogP contribution in [0.5, 0.6) is 0 Å². The van der Waals surface area contributed by atoms with Crippen LogP contribution in [0.25, 0.3) is 0 Å². The van der Waals surface area contributed by atoms with E-state index in [1.807, 2.05) is 6.92 Å². The average molecular weight is 512 g/mol. The third kappa shape index (κ3) is 7.31. The van der Waals surface area contributed by atoms with Gasteiger partial charge >= 0.3 is 0 Å². The van der Waals surface area contributed by atoms with Gasteiger partial charge in [-0.3, -0.25) is 9.89 Å². The molecule has 1 aromatic carbocycles. The minimum atomic E-state index is -0.721. The summed E-state index contributed by atoms with van der Waals surface area (Å²) in [5.41, 5.74) is 2.77. The van der Waals surface area contributed by atoms with E-state index in [4.69, 9.17) is 4.42 Å². The number of aryl methyl sites for hydroxylation is 1. The Morgan fingerprint density at radius 1 is 1.24 bits per heavy atom. The first kappa shape index (κ1) is 23.7. The number of furan rings is 1. The van der Waals surface area contributed by atoms with E-state index in [2.05, 4.69) is 51.7 Å². The first-order valence-corrected chi connectivity index (χ1v) is 10.2. The number of guanidine groups is 1. The van der Waals surface area contributed by atoms with Crippen molar-refractivity contribution in [3.05, 3.63) is 59.5 Å². The van der Waals surface area contributed by atoms with Crippen LogP contribution in [0.15, 0.2) is 52.1 Å². The molecular weight excluding hydrogens is 479 g/mol. The summed E-state index contributed by atoms with van der Waals surface area (Å²) in [5, 5.41) is 17.0. The van der Waals surface area contributed by atoms with Gasteiger partial charge in [0.15, 0.2) is 5.96 Å². The second kappa shape index (κ2) is 12.2. The number of benzene rings is 1. The van der Waals surface area contributed by atoms with E-state index in [0.29, 0.717) is 11.8 Å². The molecule has 7 heteroatoms. The Morgan fingerprint density at radius 2 is 2.00 bits per heavy atom. The summed E-state index contributed by atoms with van der Waals surface area (Å²) in [4.78, 5) is 7.05. The maximum Gasteiger partial charge on any atom is 0.191 e. The summed E-state index contributed by atoms with van der Waals surface area (Å²) in [6.45, 7) is 8.44. The third-order valence-corrected chi connectivity index (χ3v) is 5.22. The lowest BCUT2D eigenvalue weighted by atomic mass is 10.0. The minimum absolute atomic E-state index is 0. The molecule has 1 unspecified atom stereocenters. The predicted octanol–water partition coefficient (Wildman–Crippen LogP) is 3.46. The van der Waals surface area contributed by atoms with Crippen molar-refractivity contribution >= 4 is 29.9 Å². The van der Waals surface area contributed by atoms with Crippen LogP contribution in [-0.2, 0) is 6.54 Å². The van der Waals surface area contributed by atoms with Crippen LogP contribution in [0.4, 0.5) is 0 Å². The first-order chi connectivity index (χ1) is 13.7. The van der Waals surface area contributed by atoms with Crippen molar-refractivity contribution in [2.45, 2.75) is 45.4 Å². The predicted molar refractivity (Wildman–Crippen MR) is 128 cm³/mol. The molecule has 2 heterocycles. The summed E-state index contributed by atoms with van der Waals surface area (Å²) in [6.07, 6.45) is 3.01. The average Bonchev–Trinajstić information content (AvgIpc) is 3.24. The van der Waals surface area contributed by atoms with Crippen LogP contribution in [0, 0.1) is 6.92 Å². The van der Waals surface area contributed by atoms with Gasteiger partial charge in [-0.15, -0.1) is 24.0 Å². The number of aliphatic hydroxyl groups is 1. The zero-order valence-electron chi connectivity index (χ0n) is 17.3. The van der Waals surface area contributed by atoms with Crippen molar-refractivity contribution in [1.82, 2.24) is 15.5 Å². The number of likely N-dealkylation sites (tertiary alicyclic amines) is 1. The number of rotatable bonds is 7. The SMILES string of the molecule is CCNC(=NCC(O)c1ccco1)NC1CCN(Cc2ccccc2C)CC1.I. The third-order valence-electron chi connectivity index (χ3n) is 5.22. The van der Waals surface area contributed by atoms with Gasteiger partial charge in [-0.1, -0.05) is 24.3 Å². The van der Waals surface area contributed by atoms with Gasteiger partial charge in [0.2, 0.25) is 0 Å². The largest absolute Gasteiger partial charge is 0.467 e. The molecule has 0 bridgehead atoms. The second-order valence-corrected chi connectivity index (χ2v) is 7.37. The molecule has 3 N–H and O–H groups in total. The summed E-state index contributed by atoms with van der Waals surface area (Å²) >= 11 is 0. The van der Waals surface area contributed by atoms with Crippen LogP contribution in [0.3, 0.4) is 0 Å². The van der Waals surface area contributed by atoms with Crippen LogP contribution in [-0.4, -0.2) is 48.2 Å². The molecule has 3 rings (SSSR count). The Balaban J connectivity index is 0.00000300. The number of nitrogens with one attached hydrogen (secondary N) is 2. The van der Waals surface area contributed by atoms with E-state index in [9.17, 15) is 5.11 Å². The van der Waals surface area contributed by atoms with Crippen molar-refractivity contribution in [1.29, 1.82) is 0 Å². The normalized spacial score (nSPS) is 16.9. The summed E-state index contributed by atoms with van der Waals surface area (Å²) in [6, 6.07) is 12.6. The molecule has 0 radical (unpaired) electrons. The van der Waals surface area contributed by atoms with Crippen molar-refractivity contribution in [3.8, 4) is 0 Å². The number of piperidine rings is 1. The number of aliphatic hydroxyl groups excluding tert-OH is 1. The lowest BCUT2D eigenvalue weighted by molar-refractivity contribution is 0.158. The number of halogens is 1. The Bertz CT molecular complexity index is 743. The number of hydrogen-bond donors (Lipinski definition) is 3. The molecule has 1 fully saturated rings. The highest BCUT2D eigenvalue weighted by molar-refractivity contribution is 14.0. The van der Waals surface area contributed by atoms with Crippen molar-refractivity contribution in [2.24, 2.45) is 4.99 Å². The lowest BCUT2D eigenvalue weighted by Gasteiger charge is -2.33. The standard InChI is InChI=1S/C22H32N4O2.HI/c1-3-23-22(24-15-20(27)21-9-6-14-28-21)25-19-10-12-26(13-11-19)16-18-8-5-4-7-17(18)2;/h4-9,14,19-20,27H,3,10-13,15-16H2,1-2H3,(H2,23,24,25);1H. The highest BCUT2D eigenvalue weighted by Crippen LogP contribution is 2.16. The van der Waals surface area contributed by atoms with Gasteiger partial charge in [0, 0.05) is 32.2 Å². The molecule has 0 aliphatic carbocycles. The second-order valence-electron chi connectivity index (χ2n) is 7.37. The van der Waals surface area contributed by atoms with Gasteiger partial charge in [0.1, 0.15) is 11.9 Å². The summed E-state index contributed by atoms with van der Waals surface area (Å²) in [7, 11) is 0. The zero-order chi connectivity index (χ0) is 19.8. The summed E-state index contributed by atoms with van der Waals surface area (Å²) in [5.74, 6) is 1.30. The highest BCUT2D eigenvalue weighted by atomic mass is 127. The maximum absolute atomic E-state index is 10.2. The molecular formula is C22H33IN4O2. The molecule has 1 aliphatic heterocycles. The summed E-state index contributed by atoms with van der Waals surface area (Å²) < 4.78 is 5.24. The van der Waals surface area contributed by atoms with Gasteiger partial charge < -0.3 is 20.2 Å². The molecule has 29 heavy (non-hydrogen) atoms. The Labute approximate surface area is 190 Å². The van der Waals surface area contributed by atoms with E-state index < -0.39 is 6.10 Å². The van der Waals surface area contributed by atoms with E-state index in [1.54, 1.807) is 18.4 Å². The molecule has 1 atom stereocenters. The van der Waals surface area contributed by atoms with E-state index >= 15 is 0 Å². The maximum atomic E-state index is 10.2. The molecule has 1 saturated heterocycles. The number of aliphatic imine (C=N–C) groups is 1. The Morgan fingerprint density at radius 3 is 2.66 bits per heavy atom. The van der Waals surface area contributed by atoms with Crippen molar-refractivity contribution < 1.29 is 9.52 Å². The quantitative estimate of drug-likeness (QED) is 0.301. The number of nitrogens with zero attached hydrogens (tertiary/aromatic N) is 2. The number of hydrogen-bond acceptors (Lipinski definition) is 4. The van der Waals surface area contributed by atoms with Crippen LogP contribution >= 0.6 is 24.0 Å². The molecule has 160 valence electrons. The van der Waals surface area contributed by atoms with Gasteiger partial charge in [-0.2, -0.15) is 0 Å². The smallest absolute Gasteiger partial charge is 0.191 e. The van der Waals surface area contributed by atoms with E-state index in [1.165, 1.54) is 11.1 Å². The fourth-order valence-corrected chi connectivity index (χ4v) is 3.53.